The van der Waals surface area contributed by atoms with Crippen LogP contribution in [0.1, 0.15) is 51.0 Å². The summed E-state index contributed by atoms with van der Waals surface area (Å²) >= 11 is 0. The lowest BCUT2D eigenvalue weighted by molar-refractivity contribution is 0.0704. The van der Waals surface area contributed by atoms with E-state index in [4.69, 9.17) is 13.3 Å². The van der Waals surface area contributed by atoms with Gasteiger partial charge >= 0.3 is 8.80 Å². The third-order valence-corrected chi connectivity index (χ3v) is 6.26. The molecule has 0 aliphatic carbocycles. The van der Waals surface area contributed by atoms with E-state index in [-0.39, 0.29) is 5.78 Å². The summed E-state index contributed by atoms with van der Waals surface area (Å²) in [7, 11) is -2.60. The van der Waals surface area contributed by atoms with Gasteiger partial charge in [0.1, 0.15) is 5.69 Å². The van der Waals surface area contributed by atoms with Crippen LogP contribution in [0.15, 0.2) is 6.20 Å². The van der Waals surface area contributed by atoms with Gasteiger partial charge in [0.2, 0.25) is 0 Å². The van der Waals surface area contributed by atoms with Gasteiger partial charge in [-0.05, 0) is 27.2 Å². The summed E-state index contributed by atoms with van der Waals surface area (Å²) in [5.41, 5.74) is 0.422. The molecule has 1 rings (SSSR count). The number of rotatable bonds is 12. The Morgan fingerprint density at radius 3 is 2.23 bits per heavy atom. The van der Waals surface area contributed by atoms with Crippen LogP contribution in [-0.2, 0) is 19.8 Å². The van der Waals surface area contributed by atoms with Crippen molar-refractivity contribution in [3.8, 4) is 0 Å². The lowest BCUT2D eigenvalue weighted by atomic mass is 10.2. The first-order valence-electron chi connectivity index (χ1n) is 7.95. The second-order valence-electron chi connectivity index (χ2n) is 4.73. The molecule has 0 radical (unpaired) electrons. The highest BCUT2D eigenvalue weighted by Gasteiger charge is 2.39. The Hall–Kier alpha value is -1.09. The molecular formula is C14H27N3O4Si. The van der Waals surface area contributed by atoms with Crippen LogP contribution < -0.4 is 0 Å². The van der Waals surface area contributed by atoms with Crippen molar-refractivity contribution in [3.05, 3.63) is 11.9 Å². The van der Waals surface area contributed by atoms with Gasteiger partial charge in [-0.25, -0.2) is 0 Å². The molecule has 0 amide bonds. The van der Waals surface area contributed by atoms with Crippen LogP contribution in [0.3, 0.4) is 0 Å². The number of Topliss-reactive ketones (excluding diaryl/α,β-unsaturated/α-hetero) is 1. The molecule has 0 aliphatic heterocycles. The predicted octanol–water partition coefficient (Wildman–Crippen LogP) is 2.31. The van der Waals surface area contributed by atoms with Crippen molar-refractivity contribution in [3.63, 3.8) is 0 Å². The zero-order valence-corrected chi connectivity index (χ0v) is 15.0. The summed E-state index contributed by atoms with van der Waals surface area (Å²) in [4.78, 5) is 11.5. The molecule has 1 heterocycles. The Labute approximate surface area is 133 Å². The van der Waals surface area contributed by atoms with Gasteiger partial charge in [-0.15, -0.1) is 5.10 Å². The number of ketones is 1. The topological polar surface area (TPSA) is 75.5 Å². The van der Waals surface area contributed by atoms with Gasteiger partial charge in [-0.2, -0.15) is 0 Å². The molecule has 1 aromatic heterocycles. The quantitative estimate of drug-likeness (QED) is 0.433. The molecule has 0 spiro atoms. The first kappa shape index (κ1) is 19.0. The summed E-state index contributed by atoms with van der Waals surface area (Å²) in [5.74, 6) is 0.00733. The minimum Gasteiger partial charge on any atom is -0.374 e. The average molecular weight is 329 g/mol. The smallest absolute Gasteiger partial charge is 0.374 e. The lowest BCUT2D eigenvalue weighted by Crippen LogP contribution is -2.46. The fourth-order valence-electron chi connectivity index (χ4n) is 2.18. The summed E-state index contributed by atoms with van der Waals surface area (Å²) in [6.07, 6.45) is 2.93. The first-order chi connectivity index (χ1) is 10.6. The molecule has 0 N–H and O–H groups in total. The molecule has 7 nitrogen and oxygen atoms in total. The van der Waals surface area contributed by atoms with E-state index in [0.717, 1.165) is 12.5 Å². The fourth-order valence-corrected chi connectivity index (χ4v) is 4.77. The molecule has 0 bridgehead atoms. The van der Waals surface area contributed by atoms with E-state index in [2.05, 4.69) is 10.3 Å². The lowest BCUT2D eigenvalue weighted by Gasteiger charge is -2.28. The van der Waals surface area contributed by atoms with E-state index >= 15 is 0 Å². The number of nitrogens with zero attached hydrogens (tertiary/aromatic N) is 3. The van der Waals surface area contributed by atoms with Crippen LogP contribution in [0.25, 0.3) is 0 Å². The number of aromatic nitrogens is 3. The molecule has 0 aromatic carbocycles. The van der Waals surface area contributed by atoms with E-state index < -0.39 is 8.80 Å². The van der Waals surface area contributed by atoms with E-state index in [0.29, 0.717) is 38.5 Å². The normalized spacial score (nSPS) is 11.8. The minimum absolute atomic E-state index is 0.00733. The maximum atomic E-state index is 11.5. The van der Waals surface area contributed by atoms with E-state index in [1.54, 1.807) is 10.9 Å². The SMILES string of the molecule is CCO[Si](CCCn1cc(C(=O)CC)nn1)(OCC)OCC. The Bertz CT molecular complexity index is 436. The van der Waals surface area contributed by atoms with Crippen LogP contribution in [-0.4, -0.2) is 49.4 Å². The van der Waals surface area contributed by atoms with Crippen molar-refractivity contribution in [2.24, 2.45) is 0 Å². The molecule has 0 atom stereocenters. The molecule has 0 fully saturated rings. The number of aryl methyl sites for hydroxylation is 1. The van der Waals surface area contributed by atoms with Gasteiger partial charge in [0.05, 0.1) is 6.20 Å². The van der Waals surface area contributed by atoms with E-state index in [1.807, 2.05) is 27.7 Å². The van der Waals surface area contributed by atoms with Crippen LogP contribution in [0.5, 0.6) is 0 Å². The molecule has 126 valence electrons. The Morgan fingerprint density at radius 2 is 1.73 bits per heavy atom. The zero-order chi connectivity index (χ0) is 16.4. The molecule has 0 saturated carbocycles. The predicted molar refractivity (Wildman–Crippen MR) is 84.7 cm³/mol. The Kier molecular flexibility index (Phi) is 8.47. The van der Waals surface area contributed by atoms with Gasteiger partial charge in [0.25, 0.3) is 0 Å². The van der Waals surface area contributed by atoms with E-state index in [1.165, 1.54) is 0 Å². The van der Waals surface area contributed by atoms with Crippen molar-refractivity contribution in [2.45, 2.75) is 53.1 Å². The molecule has 0 unspecified atom stereocenters. The van der Waals surface area contributed by atoms with Gasteiger partial charge in [-0.1, -0.05) is 12.1 Å². The van der Waals surface area contributed by atoms with E-state index in [9.17, 15) is 4.79 Å². The number of carbonyl (C=O) groups is 1. The fraction of sp³-hybridized carbons (Fsp3) is 0.786. The van der Waals surface area contributed by atoms with Crippen LogP contribution in [0.4, 0.5) is 0 Å². The molecule has 0 saturated heterocycles. The maximum absolute atomic E-state index is 11.5. The third kappa shape index (κ3) is 5.60. The zero-order valence-electron chi connectivity index (χ0n) is 14.0. The molecule has 22 heavy (non-hydrogen) atoms. The van der Waals surface area contributed by atoms with Crippen molar-refractivity contribution < 1.29 is 18.1 Å². The monoisotopic (exact) mass is 329 g/mol. The van der Waals surface area contributed by atoms with Crippen molar-refractivity contribution in [1.82, 2.24) is 15.0 Å². The molecule has 1 aromatic rings. The highest BCUT2D eigenvalue weighted by Crippen LogP contribution is 2.18. The highest BCUT2D eigenvalue weighted by molar-refractivity contribution is 6.60. The van der Waals surface area contributed by atoms with Crippen LogP contribution in [0.2, 0.25) is 6.04 Å². The van der Waals surface area contributed by atoms with Crippen LogP contribution in [0, 0.1) is 0 Å². The number of hydrogen-bond donors (Lipinski definition) is 0. The standard InChI is InChI=1S/C14H27N3O4Si/c1-5-14(18)13-12-17(16-15-13)10-9-11-22(19-6-2,20-7-3)21-8-4/h12H,5-11H2,1-4H3. The second-order valence-corrected chi connectivity index (χ2v) is 7.46. The summed E-state index contributed by atoms with van der Waals surface area (Å²) in [6, 6.07) is 0.722. The van der Waals surface area contributed by atoms with Gasteiger partial charge in [0.15, 0.2) is 5.78 Å². The summed E-state index contributed by atoms with van der Waals surface area (Å²) in [5, 5.41) is 7.87. The van der Waals surface area contributed by atoms with Gasteiger partial charge < -0.3 is 13.3 Å². The number of carbonyl (C=O) groups excluding carboxylic acids is 1. The largest absolute Gasteiger partial charge is 0.500 e. The first-order valence-corrected chi connectivity index (χ1v) is 9.89. The van der Waals surface area contributed by atoms with Crippen LogP contribution >= 0.6 is 0 Å². The second kappa shape index (κ2) is 9.83. The molecular weight excluding hydrogens is 302 g/mol. The van der Waals surface area contributed by atoms with Crippen molar-refractivity contribution >= 4 is 14.6 Å². The van der Waals surface area contributed by atoms with Gasteiger partial charge in [0, 0.05) is 38.8 Å². The van der Waals surface area contributed by atoms with Crippen molar-refractivity contribution in [2.75, 3.05) is 19.8 Å². The Morgan fingerprint density at radius 1 is 1.14 bits per heavy atom. The van der Waals surface area contributed by atoms with Crippen molar-refractivity contribution in [1.29, 1.82) is 0 Å². The number of hydrogen-bond acceptors (Lipinski definition) is 6. The Balaban J connectivity index is 2.57. The third-order valence-electron chi connectivity index (χ3n) is 3.11. The van der Waals surface area contributed by atoms with Gasteiger partial charge in [-0.3, -0.25) is 9.48 Å². The minimum atomic E-state index is -2.60. The summed E-state index contributed by atoms with van der Waals surface area (Å²) < 4.78 is 19.1. The molecule has 8 heteroatoms. The highest BCUT2D eigenvalue weighted by atomic mass is 28.4. The summed E-state index contributed by atoms with van der Waals surface area (Å²) in [6.45, 7) is 10.0. The molecule has 0 aliphatic rings. The average Bonchev–Trinajstić information content (AvgIpc) is 2.96. The maximum Gasteiger partial charge on any atom is 0.500 e.